The molecular formula is C12H15FN2OS. The minimum Gasteiger partial charge on any atom is -0.393 e. The molecule has 1 rings (SSSR count). The van der Waals surface area contributed by atoms with Crippen molar-refractivity contribution in [2.45, 2.75) is 13.3 Å². The summed E-state index contributed by atoms with van der Waals surface area (Å²) in [7, 11) is 1.58. The molecule has 2 N–H and O–H groups in total. The highest BCUT2D eigenvalue weighted by Gasteiger charge is 2.23. The zero-order valence-electron chi connectivity index (χ0n) is 9.81. The first-order chi connectivity index (χ1) is 7.97. The van der Waals surface area contributed by atoms with Gasteiger partial charge in [0.15, 0.2) is 0 Å². The van der Waals surface area contributed by atoms with Crippen LogP contribution >= 0.6 is 12.2 Å². The topological polar surface area (TPSA) is 46.3 Å². The number of hydrogen-bond donors (Lipinski definition) is 1. The third kappa shape index (κ3) is 3.23. The van der Waals surface area contributed by atoms with Gasteiger partial charge in [0.05, 0.1) is 10.9 Å². The van der Waals surface area contributed by atoms with Gasteiger partial charge in [0.2, 0.25) is 5.91 Å². The quantitative estimate of drug-likeness (QED) is 0.837. The van der Waals surface area contributed by atoms with Crippen LogP contribution in [-0.4, -0.2) is 17.9 Å². The number of nitrogens with zero attached hydrogens (tertiary/aromatic N) is 1. The zero-order chi connectivity index (χ0) is 13.0. The lowest BCUT2D eigenvalue weighted by Crippen LogP contribution is -2.38. The summed E-state index contributed by atoms with van der Waals surface area (Å²) in [5.41, 5.74) is 5.99. The van der Waals surface area contributed by atoms with Crippen LogP contribution in [0.3, 0.4) is 0 Å². The molecule has 1 aromatic carbocycles. The Balaban J connectivity index is 2.93. The predicted octanol–water partition coefficient (Wildman–Crippen LogP) is 2.10. The molecule has 0 radical (unpaired) electrons. The fourth-order valence-corrected chi connectivity index (χ4v) is 1.81. The van der Waals surface area contributed by atoms with Crippen LogP contribution in [0.4, 0.5) is 10.1 Å². The van der Waals surface area contributed by atoms with Crippen LogP contribution in [0.15, 0.2) is 24.3 Å². The van der Waals surface area contributed by atoms with E-state index in [9.17, 15) is 9.18 Å². The van der Waals surface area contributed by atoms with Crippen LogP contribution in [0.1, 0.15) is 13.3 Å². The van der Waals surface area contributed by atoms with Crippen molar-refractivity contribution < 1.29 is 9.18 Å². The highest BCUT2D eigenvalue weighted by Crippen LogP contribution is 2.17. The molecule has 0 saturated carbocycles. The summed E-state index contributed by atoms with van der Waals surface area (Å²) in [6.45, 7) is 1.83. The fraction of sp³-hybridized carbons (Fsp3) is 0.333. The first-order valence-corrected chi connectivity index (χ1v) is 5.70. The van der Waals surface area contributed by atoms with Gasteiger partial charge >= 0.3 is 0 Å². The van der Waals surface area contributed by atoms with Gasteiger partial charge in [-0.3, -0.25) is 4.79 Å². The Morgan fingerprint density at radius 1 is 1.59 bits per heavy atom. The number of amides is 1. The minimum atomic E-state index is -0.502. The van der Waals surface area contributed by atoms with Gasteiger partial charge in [0.1, 0.15) is 5.82 Å². The molecule has 0 heterocycles. The number of benzene rings is 1. The van der Waals surface area contributed by atoms with Gasteiger partial charge in [-0.2, -0.15) is 0 Å². The second-order valence-electron chi connectivity index (χ2n) is 3.74. The molecule has 17 heavy (non-hydrogen) atoms. The van der Waals surface area contributed by atoms with Crippen LogP contribution in [-0.2, 0) is 4.79 Å². The van der Waals surface area contributed by atoms with Crippen molar-refractivity contribution in [2.75, 3.05) is 11.9 Å². The third-order valence-electron chi connectivity index (χ3n) is 2.58. The Kier molecular flexibility index (Phi) is 4.57. The van der Waals surface area contributed by atoms with Crippen molar-refractivity contribution in [3.05, 3.63) is 30.1 Å². The lowest BCUT2D eigenvalue weighted by atomic mass is 10.1. The summed E-state index contributed by atoms with van der Waals surface area (Å²) < 4.78 is 13.0. The molecule has 0 aliphatic rings. The molecule has 0 aliphatic heterocycles. The molecule has 1 atom stereocenters. The van der Waals surface area contributed by atoms with Gasteiger partial charge in [0.25, 0.3) is 0 Å². The molecule has 1 unspecified atom stereocenters. The van der Waals surface area contributed by atoms with Crippen molar-refractivity contribution in [3.8, 4) is 0 Å². The SMILES string of the molecule is CCC(C(=O)N(C)c1cccc(F)c1)C(N)=S. The van der Waals surface area contributed by atoms with E-state index in [0.717, 1.165) is 0 Å². The molecule has 1 aromatic rings. The maximum Gasteiger partial charge on any atom is 0.236 e. The smallest absolute Gasteiger partial charge is 0.236 e. The standard InChI is InChI=1S/C12H15FN2OS/c1-3-10(11(14)17)12(16)15(2)9-6-4-5-8(13)7-9/h4-7,10H,3H2,1-2H3,(H2,14,17). The summed E-state index contributed by atoms with van der Waals surface area (Å²) in [5.74, 6) is -1.10. The first kappa shape index (κ1) is 13.6. The van der Waals surface area contributed by atoms with Crippen molar-refractivity contribution in [1.82, 2.24) is 0 Å². The fourth-order valence-electron chi connectivity index (χ4n) is 1.54. The number of nitrogens with two attached hydrogens (primary N) is 1. The average Bonchev–Trinajstić information content (AvgIpc) is 2.28. The highest BCUT2D eigenvalue weighted by molar-refractivity contribution is 7.80. The van der Waals surface area contributed by atoms with E-state index in [1.165, 1.54) is 17.0 Å². The van der Waals surface area contributed by atoms with E-state index in [1.54, 1.807) is 19.2 Å². The number of thiocarbonyl (C=S) groups is 1. The van der Waals surface area contributed by atoms with Crippen molar-refractivity contribution in [3.63, 3.8) is 0 Å². The van der Waals surface area contributed by atoms with Crippen LogP contribution in [0, 0.1) is 11.7 Å². The normalized spacial score (nSPS) is 11.9. The largest absolute Gasteiger partial charge is 0.393 e. The Morgan fingerprint density at radius 3 is 2.71 bits per heavy atom. The van der Waals surface area contributed by atoms with Crippen LogP contribution in [0.5, 0.6) is 0 Å². The van der Waals surface area contributed by atoms with Gasteiger partial charge in [-0.25, -0.2) is 4.39 Å². The number of hydrogen-bond acceptors (Lipinski definition) is 2. The molecule has 0 bridgehead atoms. The average molecular weight is 254 g/mol. The maximum absolute atomic E-state index is 13.0. The van der Waals surface area contributed by atoms with Crippen LogP contribution in [0.25, 0.3) is 0 Å². The molecule has 0 saturated heterocycles. The summed E-state index contributed by atoms with van der Waals surface area (Å²) in [6, 6.07) is 5.83. The summed E-state index contributed by atoms with van der Waals surface area (Å²) in [5, 5.41) is 0. The molecule has 5 heteroatoms. The molecule has 0 aromatic heterocycles. The van der Waals surface area contributed by atoms with E-state index in [2.05, 4.69) is 0 Å². The predicted molar refractivity (Wildman–Crippen MR) is 70.4 cm³/mol. The first-order valence-electron chi connectivity index (χ1n) is 5.29. The summed E-state index contributed by atoms with van der Waals surface area (Å²) >= 11 is 4.84. The van der Waals surface area contributed by atoms with E-state index in [-0.39, 0.29) is 16.7 Å². The Labute approximate surface area is 105 Å². The molecule has 0 fully saturated rings. The van der Waals surface area contributed by atoms with Gasteiger partial charge < -0.3 is 10.6 Å². The second-order valence-corrected chi connectivity index (χ2v) is 4.21. The Bertz CT molecular complexity index is 436. The van der Waals surface area contributed by atoms with Gasteiger partial charge in [-0.1, -0.05) is 25.2 Å². The second kappa shape index (κ2) is 5.72. The molecular weight excluding hydrogens is 239 g/mol. The number of carbonyl (C=O) groups is 1. The van der Waals surface area contributed by atoms with E-state index in [0.29, 0.717) is 12.1 Å². The Morgan fingerprint density at radius 2 is 2.24 bits per heavy atom. The Hall–Kier alpha value is -1.49. The number of carbonyl (C=O) groups excluding carboxylic acids is 1. The molecule has 0 spiro atoms. The van der Waals surface area contributed by atoms with Gasteiger partial charge in [-0.15, -0.1) is 0 Å². The maximum atomic E-state index is 13.0. The molecule has 3 nitrogen and oxygen atoms in total. The molecule has 0 aliphatic carbocycles. The molecule has 92 valence electrons. The van der Waals surface area contributed by atoms with Gasteiger partial charge in [-0.05, 0) is 24.6 Å². The highest BCUT2D eigenvalue weighted by atomic mass is 32.1. The van der Waals surface area contributed by atoms with Crippen LogP contribution in [0.2, 0.25) is 0 Å². The van der Waals surface area contributed by atoms with Crippen molar-refractivity contribution in [2.24, 2.45) is 11.7 Å². The monoisotopic (exact) mass is 254 g/mol. The lowest BCUT2D eigenvalue weighted by molar-refractivity contribution is -0.120. The number of halogens is 1. The van der Waals surface area contributed by atoms with E-state index < -0.39 is 5.92 Å². The summed E-state index contributed by atoms with van der Waals surface area (Å²) in [6.07, 6.45) is 0.536. The minimum absolute atomic E-state index is 0.167. The van der Waals surface area contributed by atoms with E-state index >= 15 is 0 Å². The van der Waals surface area contributed by atoms with Crippen molar-refractivity contribution in [1.29, 1.82) is 0 Å². The van der Waals surface area contributed by atoms with Gasteiger partial charge in [0, 0.05) is 12.7 Å². The number of anilines is 1. The van der Waals surface area contributed by atoms with E-state index in [1.807, 2.05) is 6.92 Å². The van der Waals surface area contributed by atoms with Crippen LogP contribution < -0.4 is 10.6 Å². The van der Waals surface area contributed by atoms with E-state index in [4.69, 9.17) is 18.0 Å². The molecule has 1 amide bonds. The zero-order valence-corrected chi connectivity index (χ0v) is 10.6. The lowest BCUT2D eigenvalue weighted by Gasteiger charge is -2.22. The number of rotatable bonds is 4. The summed E-state index contributed by atoms with van der Waals surface area (Å²) in [4.78, 5) is 13.6. The third-order valence-corrected chi connectivity index (χ3v) is 2.86. The van der Waals surface area contributed by atoms with Crippen molar-refractivity contribution >= 4 is 28.8 Å².